The number of ether oxygens (including phenoxy) is 1. The number of anilines is 2. The predicted octanol–water partition coefficient (Wildman–Crippen LogP) is 5.54. The number of hydrogen-bond donors (Lipinski definition) is 0. The van der Waals surface area contributed by atoms with Crippen LogP contribution in [-0.4, -0.2) is 13.0 Å². The Balaban J connectivity index is 1.68. The van der Waals surface area contributed by atoms with E-state index in [1.54, 1.807) is 29.8 Å². The van der Waals surface area contributed by atoms with Gasteiger partial charge in [-0.2, -0.15) is 0 Å². The third kappa shape index (κ3) is 3.11. The van der Waals surface area contributed by atoms with Crippen LogP contribution < -0.4 is 9.64 Å². The Morgan fingerprint density at radius 2 is 1.46 bits per heavy atom. The van der Waals surface area contributed by atoms with E-state index in [-0.39, 0.29) is 5.91 Å². The summed E-state index contributed by atoms with van der Waals surface area (Å²) >= 11 is 1.69. The third-order valence-electron chi connectivity index (χ3n) is 4.19. The van der Waals surface area contributed by atoms with Gasteiger partial charge in [-0.25, -0.2) is 0 Å². The van der Waals surface area contributed by atoms with Crippen molar-refractivity contribution < 1.29 is 9.53 Å². The summed E-state index contributed by atoms with van der Waals surface area (Å²) < 4.78 is 5.17. The molecule has 0 radical (unpaired) electrons. The number of carbonyl (C=O) groups is 1. The van der Waals surface area contributed by atoms with Gasteiger partial charge in [0.15, 0.2) is 0 Å². The Morgan fingerprint density at radius 1 is 0.885 bits per heavy atom. The van der Waals surface area contributed by atoms with Gasteiger partial charge >= 0.3 is 0 Å². The minimum Gasteiger partial charge on any atom is -0.497 e. The number of amides is 1. The number of methoxy groups -OCH3 is 1. The summed E-state index contributed by atoms with van der Waals surface area (Å²) in [6.45, 7) is 0. The van der Waals surface area contributed by atoms with Crippen molar-refractivity contribution in [2.45, 2.75) is 9.79 Å². The van der Waals surface area contributed by atoms with E-state index in [4.69, 9.17) is 4.74 Å². The lowest BCUT2D eigenvalue weighted by Gasteiger charge is -2.30. The van der Waals surface area contributed by atoms with E-state index >= 15 is 0 Å². The zero-order chi connectivity index (χ0) is 17.9. The van der Waals surface area contributed by atoms with Crippen molar-refractivity contribution in [1.82, 2.24) is 0 Å². The van der Waals surface area contributed by atoms with Crippen LogP contribution in [0.3, 0.4) is 0 Å². The summed E-state index contributed by atoms with van der Waals surface area (Å²) in [7, 11) is 1.64. The summed E-state index contributed by atoms with van der Waals surface area (Å²) in [5, 5.41) is 0. The smallest absolute Gasteiger partial charge is 0.255 e. The first-order valence-corrected chi connectivity index (χ1v) is 9.10. The van der Waals surface area contributed by atoms with Gasteiger partial charge in [-0.05, 0) is 48.0 Å². The lowest BCUT2D eigenvalue weighted by Crippen LogP contribution is -2.26. The van der Waals surface area contributed by atoms with Crippen LogP contribution in [0.1, 0.15) is 5.56 Å². The molecule has 0 saturated heterocycles. The van der Waals surface area contributed by atoms with Gasteiger partial charge in [0.1, 0.15) is 5.75 Å². The van der Waals surface area contributed by atoms with Crippen LogP contribution in [0.4, 0.5) is 11.4 Å². The van der Waals surface area contributed by atoms with E-state index in [2.05, 4.69) is 0 Å². The fraction of sp³-hybridized carbons (Fsp3) is 0.0455. The van der Waals surface area contributed by atoms with Gasteiger partial charge < -0.3 is 4.74 Å². The largest absolute Gasteiger partial charge is 0.497 e. The fourth-order valence-corrected chi connectivity index (χ4v) is 3.96. The van der Waals surface area contributed by atoms with Crippen molar-refractivity contribution in [3.63, 3.8) is 0 Å². The molecule has 3 aromatic carbocycles. The highest BCUT2D eigenvalue weighted by Gasteiger charge is 2.26. The standard InChI is InChI=1S/C22H17NO2S/c1-25-17-13-10-16(11-14-17)12-15-22(24)23-18-6-2-4-8-20(18)26-21-9-5-3-7-19(21)23/h2-15H,1H3. The molecule has 1 heterocycles. The van der Waals surface area contributed by atoms with Crippen molar-refractivity contribution in [1.29, 1.82) is 0 Å². The van der Waals surface area contributed by atoms with Gasteiger partial charge in [0.2, 0.25) is 0 Å². The molecule has 0 aromatic heterocycles. The highest BCUT2D eigenvalue weighted by molar-refractivity contribution is 7.99. The van der Waals surface area contributed by atoms with Crippen molar-refractivity contribution in [3.8, 4) is 5.75 Å². The third-order valence-corrected chi connectivity index (χ3v) is 5.32. The van der Waals surface area contributed by atoms with Crippen molar-refractivity contribution in [2.24, 2.45) is 0 Å². The zero-order valence-electron chi connectivity index (χ0n) is 14.3. The molecule has 1 amide bonds. The Bertz CT molecular complexity index is 934. The number of rotatable bonds is 3. The average molecular weight is 359 g/mol. The Morgan fingerprint density at radius 3 is 2.04 bits per heavy atom. The quantitative estimate of drug-likeness (QED) is 0.575. The molecule has 0 bridgehead atoms. The molecule has 26 heavy (non-hydrogen) atoms. The summed E-state index contributed by atoms with van der Waals surface area (Å²) in [4.78, 5) is 17.0. The zero-order valence-corrected chi connectivity index (χ0v) is 15.1. The molecular weight excluding hydrogens is 342 g/mol. The van der Waals surface area contributed by atoms with Crippen molar-refractivity contribution in [2.75, 3.05) is 12.0 Å². The average Bonchev–Trinajstić information content (AvgIpc) is 2.70. The van der Waals surface area contributed by atoms with Crippen LogP contribution in [0.25, 0.3) is 6.08 Å². The monoisotopic (exact) mass is 359 g/mol. The minimum absolute atomic E-state index is 0.0685. The molecule has 0 atom stereocenters. The number of benzene rings is 3. The van der Waals surface area contributed by atoms with Gasteiger partial charge in [0.25, 0.3) is 5.91 Å². The van der Waals surface area contributed by atoms with Crippen LogP contribution >= 0.6 is 11.8 Å². The summed E-state index contributed by atoms with van der Waals surface area (Å²) in [5.41, 5.74) is 2.79. The molecule has 128 valence electrons. The molecule has 3 nitrogen and oxygen atoms in total. The van der Waals surface area contributed by atoms with E-state index in [1.807, 2.05) is 78.9 Å². The Hall–Kier alpha value is -2.98. The molecule has 0 spiro atoms. The summed E-state index contributed by atoms with van der Waals surface area (Å²) in [5.74, 6) is 0.727. The predicted molar refractivity (Wildman–Crippen MR) is 106 cm³/mol. The van der Waals surface area contributed by atoms with Gasteiger partial charge in [-0.3, -0.25) is 9.69 Å². The Kier molecular flexibility index (Phi) is 4.50. The molecular formula is C22H17NO2S. The lowest BCUT2D eigenvalue weighted by atomic mass is 10.2. The molecule has 1 aliphatic heterocycles. The normalized spacial score (nSPS) is 12.6. The first-order chi connectivity index (χ1) is 12.8. The van der Waals surface area contributed by atoms with E-state index < -0.39 is 0 Å². The number of nitrogens with zero attached hydrogens (tertiary/aromatic N) is 1. The minimum atomic E-state index is -0.0685. The van der Waals surface area contributed by atoms with Crippen LogP contribution in [-0.2, 0) is 4.79 Å². The SMILES string of the molecule is COc1ccc(C=CC(=O)N2c3ccccc3Sc3ccccc32)cc1. The lowest BCUT2D eigenvalue weighted by molar-refractivity contribution is -0.113. The second-order valence-corrected chi connectivity index (χ2v) is 6.90. The maximum atomic E-state index is 13.0. The second kappa shape index (κ2) is 7.10. The van der Waals surface area contributed by atoms with E-state index in [9.17, 15) is 4.79 Å². The molecule has 0 saturated carbocycles. The maximum Gasteiger partial charge on any atom is 0.255 e. The molecule has 0 N–H and O–H groups in total. The maximum absolute atomic E-state index is 13.0. The molecule has 4 heteroatoms. The van der Waals surface area contributed by atoms with Crippen LogP contribution in [0, 0.1) is 0 Å². The molecule has 0 fully saturated rings. The van der Waals surface area contributed by atoms with Crippen LogP contribution in [0.15, 0.2) is 88.7 Å². The first-order valence-electron chi connectivity index (χ1n) is 8.28. The number of carbonyl (C=O) groups excluding carboxylic acids is 1. The molecule has 3 aromatic rings. The topological polar surface area (TPSA) is 29.5 Å². The number of fused-ring (bicyclic) bond motifs is 2. The number of para-hydroxylation sites is 2. The van der Waals surface area contributed by atoms with Crippen molar-refractivity contribution >= 4 is 35.1 Å². The van der Waals surface area contributed by atoms with Crippen LogP contribution in [0.5, 0.6) is 5.75 Å². The number of hydrogen-bond acceptors (Lipinski definition) is 3. The summed E-state index contributed by atoms with van der Waals surface area (Å²) in [6.07, 6.45) is 3.44. The summed E-state index contributed by atoms with van der Waals surface area (Å²) in [6, 6.07) is 23.6. The molecule has 0 unspecified atom stereocenters. The molecule has 1 aliphatic rings. The fourth-order valence-electron chi connectivity index (χ4n) is 2.90. The van der Waals surface area contributed by atoms with E-state index in [1.165, 1.54) is 0 Å². The van der Waals surface area contributed by atoms with Crippen LogP contribution in [0.2, 0.25) is 0 Å². The van der Waals surface area contributed by atoms with Gasteiger partial charge in [0.05, 0.1) is 18.5 Å². The van der Waals surface area contributed by atoms with Gasteiger partial charge in [-0.15, -0.1) is 0 Å². The second-order valence-electron chi connectivity index (χ2n) is 5.82. The molecule has 0 aliphatic carbocycles. The highest BCUT2D eigenvalue weighted by Crippen LogP contribution is 2.47. The molecule has 4 rings (SSSR count). The van der Waals surface area contributed by atoms with Gasteiger partial charge in [-0.1, -0.05) is 48.2 Å². The highest BCUT2D eigenvalue weighted by atomic mass is 32.2. The van der Waals surface area contributed by atoms with E-state index in [0.29, 0.717) is 0 Å². The van der Waals surface area contributed by atoms with Gasteiger partial charge in [0, 0.05) is 15.9 Å². The van der Waals surface area contributed by atoms with E-state index in [0.717, 1.165) is 32.5 Å². The Labute approximate surface area is 156 Å². The van der Waals surface area contributed by atoms with Crippen molar-refractivity contribution in [3.05, 3.63) is 84.4 Å². The first kappa shape index (κ1) is 16.5.